The predicted octanol–water partition coefficient (Wildman–Crippen LogP) is 2.57. The fraction of sp³-hybridized carbons (Fsp3) is 0.211. The minimum absolute atomic E-state index is 0.0808. The molecular weight excluding hydrogens is 415 g/mol. The number of fused-ring (bicyclic) bond motifs is 1. The molecule has 30 heavy (non-hydrogen) atoms. The SMILES string of the molecule is Cn1cnc2ccc(Oc3c(F)ccc(NS(=O)(=O)OC4CC4)c3C#N)cc2c1=O. The van der Waals surface area contributed by atoms with Crippen molar-refractivity contribution in [1.82, 2.24) is 9.55 Å². The van der Waals surface area contributed by atoms with Gasteiger partial charge in [0.1, 0.15) is 17.4 Å². The fourth-order valence-corrected chi connectivity index (χ4v) is 3.77. The first-order chi connectivity index (χ1) is 14.3. The Morgan fingerprint density at radius 3 is 2.77 bits per heavy atom. The number of nitrogens with one attached hydrogen (secondary N) is 1. The highest BCUT2D eigenvalue weighted by Gasteiger charge is 2.30. The zero-order valence-electron chi connectivity index (χ0n) is 15.6. The maximum absolute atomic E-state index is 14.5. The Morgan fingerprint density at radius 2 is 2.07 bits per heavy atom. The van der Waals surface area contributed by atoms with Crippen LogP contribution in [-0.4, -0.2) is 24.1 Å². The van der Waals surface area contributed by atoms with Gasteiger partial charge < -0.3 is 9.30 Å². The summed E-state index contributed by atoms with van der Waals surface area (Å²) in [5.74, 6) is -1.28. The van der Waals surface area contributed by atoms with E-state index in [2.05, 4.69) is 9.71 Å². The molecular formula is C19H15FN4O5S. The minimum atomic E-state index is -4.18. The number of rotatable bonds is 6. The van der Waals surface area contributed by atoms with Gasteiger partial charge in [0.05, 0.1) is 29.0 Å². The Labute approximate surface area is 170 Å². The van der Waals surface area contributed by atoms with Gasteiger partial charge in [-0.3, -0.25) is 13.7 Å². The number of nitrogens with zero attached hydrogens (tertiary/aromatic N) is 3. The third-order valence-corrected chi connectivity index (χ3v) is 5.35. The summed E-state index contributed by atoms with van der Waals surface area (Å²) in [6.07, 6.45) is 2.23. The molecule has 1 aromatic heterocycles. The third kappa shape index (κ3) is 3.96. The molecule has 0 amide bonds. The van der Waals surface area contributed by atoms with Gasteiger partial charge in [0, 0.05) is 7.05 Å². The molecule has 4 rings (SSSR count). The van der Waals surface area contributed by atoms with E-state index in [1.54, 1.807) is 6.07 Å². The van der Waals surface area contributed by atoms with Crippen LogP contribution in [0.2, 0.25) is 0 Å². The lowest BCUT2D eigenvalue weighted by atomic mass is 10.1. The van der Waals surface area contributed by atoms with Crippen molar-refractivity contribution in [3.8, 4) is 17.6 Å². The van der Waals surface area contributed by atoms with Crippen LogP contribution < -0.4 is 15.0 Å². The molecule has 0 atom stereocenters. The number of halogens is 1. The van der Waals surface area contributed by atoms with Crippen LogP contribution in [0.4, 0.5) is 10.1 Å². The highest BCUT2D eigenvalue weighted by molar-refractivity contribution is 7.88. The molecule has 1 aliphatic carbocycles. The molecule has 0 radical (unpaired) electrons. The number of benzene rings is 2. The van der Waals surface area contributed by atoms with Gasteiger partial charge in [-0.2, -0.15) is 13.7 Å². The second-order valence-electron chi connectivity index (χ2n) is 6.70. The average Bonchev–Trinajstić information content (AvgIpc) is 3.51. The van der Waals surface area contributed by atoms with Crippen molar-refractivity contribution in [3.05, 3.63) is 58.4 Å². The molecule has 0 unspecified atom stereocenters. The van der Waals surface area contributed by atoms with Crippen molar-refractivity contribution in [2.75, 3.05) is 4.72 Å². The molecule has 9 nitrogen and oxygen atoms in total. The first-order valence-electron chi connectivity index (χ1n) is 8.84. The van der Waals surface area contributed by atoms with Gasteiger partial charge in [-0.25, -0.2) is 9.37 Å². The summed E-state index contributed by atoms with van der Waals surface area (Å²) in [4.78, 5) is 16.4. The molecule has 2 aromatic carbocycles. The molecule has 0 saturated heterocycles. The normalized spacial score (nSPS) is 13.8. The van der Waals surface area contributed by atoms with Crippen LogP contribution in [0.25, 0.3) is 10.9 Å². The average molecular weight is 430 g/mol. The lowest BCUT2D eigenvalue weighted by Crippen LogP contribution is -2.18. The maximum atomic E-state index is 14.5. The Morgan fingerprint density at radius 1 is 1.30 bits per heavy atom. The number of aromatic nitrogens is 2. The molecule has 154 valence electrons. The van der Waals surface area contributed by atoms with E-state index in [0.717, 1.165) is 12.1 Å². The van der Waals surface area contributed by atoms with Crippen LogP contribution in [-0.2, 0) is 21.5 Å². The molecule has 0 spiro atoms. The van der Waals surface area contributed by atoms with Gasteiger partial charge >= 0.3 is 10.3 Å². The van der Waals surface area contributed by atoms with Crippen molar-refractivity contribution >= 4 is 26.9 Å². The van der Waals surface area contributed by atoms with Crippen molar-refractivity contribution in [2.45, 2.75) is 18.9 Å². The number of anilines is 1. The van der Waals surface area contributed by atoms with E-state index in [9.17, 15) is 22.9 Å². The highest BCUT2D eigenvalue weighted by atomic mass is 32.2. The standard InChI is InChI=1S/C19H15FN4O5S/c1-24-10-22-16-6-4-12(8-13(16)19(24)25)28-18-14(9-21)17(7-5-15(18)20)23-30(26,27)29-11-2-3-11/h4-8,10-11,23H,2-3H2,1H3. The third-order valence-electron chi connectivity index (χ3n) is 4.35. The van der Waals surface area contributed by atoms with Crippen LogP contribution in [0.5, 0.6) is 11.5 Å². The molecule has 1 N–H and O–H groups in total. The predicted molar refractivity (Wildman–Crippen MR) is 105 cm³/mol. The molecule has 1 aliphatic rings. The summed E-state index contributed by atoms with van der Waals surface area (Å²) in [6, 6.07) is 8.17. The van der Waals surface area contributed by atoms with Gasteiger partial charge in [0.2, 0.25) is 0 Å². The second-order valence-corrected chi connectivity index (χ2v) is 8.01. The number of nitriles is 1. The maximum Gasteiger partial charge on any atom is 0.360 e. The molecule has 3 aromatic rings. The Hall–Kier alpha value is -3.49. The summed E-state index contributed by atoms with van der Waals surface area (Å²) in [5, 5.41) is 9.75. The van der Waals surface area contributed by atoms with Crippen LogP contribution in [0.1, 0.15) is 18.4 Å². The largest absolute Gasteiger partial charge is 0.453 e. The molecule has 1 saturated carbocycles. The topological polar surface area (TPSA) is 123 Å². The Balaban J connectivity index is 1.72. The monoisotopic (exact) mass is 430 g/mol. The number of ether oxygens (including phenoxy) is 1. The number of hydrogen-bond donors (Lipinski definition) is 1. The van der Waals surface area contributed by atoms with Gasteiger partial charge in [0.15, 0.2) is 11.6 Å². The van der Waals surface area contributed by atoms with Gasteiger partial charge in [-0.15, -0.1) is 0 Å². The Kier molecular flexibility index (Phi) is 4.89. The molecule has 0 aliphatic heterocycles. The summed E-state index contributed by atoms with van der Waals surface area (Å²) >= 11 is 0. The summed E-state index contributed by atoms with van der Waals surface area (Å²) in [5.41, 5.74) is -0.458. The van der Waals surface area contributed by atoms with E-state index in [4.69, 9.17) is 8.92 Å². The van der Waals surface area contributed by atoms with E-state index < -0.39 is 28.0 Å². The number of aryl methyl sites for hydroxylation is 1. The lowest BCUT2D eigenvalue weighted by Gasteiger charge is -2.14. The van der Waals surface area contributed by atoms with Crippen molar-refractivity contribution in [1.29, 1.82) is 5.26 Å². The van der Waals surface area contributed by atoms with Crippen LogP contribution in [0, 0.1) is 17.1 Å². The van der Waals surface area contributed by atoms with E-state index in [0.29, 0.717) is 18.4 Å². The van der Waals surface area contributed by atoms with Gasteiger partial charge in [-0.1, -0.05) is 0 Å². The molecule has 11 heteroatoms. The zero-order chi connectivity index (χ0) is 21.5. The first-order valence-corrected chi connectivity index (χ1v) is 10.2. The summed E-state index contributed by atoms with van der Waals surface area (Å²) in [7, 11) is -2.64. The van der Waals surface area contributed by atoms with E-state index in [1.165, 1.54) is 36.1 Å². The minimum Gasteiger partial charge on any atom is -0.453 e. The van der Waals surface area contributed by atoms with Crippen molar-refractivity contribution < 1.29 is 21.7 Å². The van der Waals surface area contributed by atoms with E-state index >= 15 is 0 Å². The van der Waals surface area contributed by atoms with E-state index in [1.807, 2.05) is 0 Å². The Bertz CT molecular complexity index is 1360. The summed E-state index contributed by atoms with van der Waals surface area (Å²) < 4.78 is 52.4. The number of hydrogen-bond acceptors (Lipinski definition) is 7. The summed E-state index contributed by atoms with van der Waals surface area (Å²) in [6.45, 7) is 0. The lowest BCUT2D eigenvalue weighted by molar-refractivity contribution is 0.309. The quantitative estimate of drug-likeness (QED) is 0.637. The van der Waals surface area contributed by atoms with Crippen molar-refractivity contribution in [3.63, 3.8) is 0 Å². The second kappa shape index (κ2) is 7.40. The van der Waals surface area contributed by atoms with Crippen LogP contribution >= 0.6 is 0 Å². The van der Waals surface area contributed by atoms with Crippen LogP contribution in [0.15, 0.2) is 41.5 Å². The highest BCUT2D eigenvalue weighted by Crippen LogP contribution is 2.34. The van der Waals surface area contributed by atoms with Crippen molar-refractivity contribution in [2.24, 2.45) is 7.05 Å². The smallest absolute Gasteiger partial charge is 0.360 e. The molecule has 1 fully saturated rings. The van der Waals surface area contributed by atoms with E-state index in [-0.39, 0.29) is 27.9 Å². The zero-order valence-corrected chi connectivity index (χ0v) is 16.4. The van der Waals surface area contributed by atoms with Crippen LogP contribution in [0.3, 0.4) is 0 Å². The first kappa shape index (κ1) is 19.8. The van der Waals surface area contributed by atoms with Gasteiger partial charge in [0.25, 0.3) is 5.56 Å². The van der Waals surface area contributed by atoms with Gasteiger partial charge in [-0.05, 0) is 43.2 Å². The molecule has 0 bridgehead atoms. The fourth-order valence-electron chi connectivity index (χ4n) is 2.73. The molecule has 1 heterocycles.